The monoisotopic (exact) mass is 267 g/mol. The summed E-state index contributed by atoms with van der Waals surface area (Å²) in [7, 11) is 0. The van der Waals surface area contributed by atoms with E-state index < -0.39 is 0 Å². The Balaban J connectivity index is 1.92. The van der Waals surface area contributed by atoms with Crippen molar-refractivity contribution < 1.29 is 4.79 Å². The van der Waals surface area contributed by atoms with E-state index in [1.165, 1.54) is 16.0 Å². The molecular formula is C13H21N3OS. The molecule has 0 aliphatic carbocycles. The van der Waals surface area contributed by atoms with Crippen molar-refractivity contribution in [2.45, 2.75) is 20.8 Å². The van der Waals surface area contributed by atoms with Gasteiger partial charge in [-0.25, -0.2) is 0 Å². The van der Waals surface area contributed by atoms with Crippen LogP contribution < -0.4 is 10.6 Å². The number of rotatable bonds is 3. The lowest BCUT2D eigenvalue weighted by atomic mass is 10.2. The Hall–Kier alpha value is -0.910. The van der Waals surface area contributed by atoms with Crippen molar-refractivity contribution in [2.24, 2.45) is 0 Å². The third-order valence-corrected chi connectivity index (χ3v) is 4.74. The van der Waals surface area contributed by atoms with Crippen LogP contribution in [0.25, 0.3) is 0 Å². The minimum Gasteiger partial charge on any atom is -0.316 e. The molecule has 2 rings (SSSR count). The van der Waals surface area contributed by atoms with E-state index in [2.05, 4.69) is 36.3 Å². The van der Waals surface area contributed by atoms with Crippen LogP contribution in [0.15, 0.2) is 0 Å². The van der Waals surface area contributed by atoms with Gasteiger partial charge in [-0.15, -0.1) is 11.3 Å². The summed E-state index contributed by atoms with van der Waals surface area (Å²) >= 11 is 1.67. The Labute approximate surface area is 112 Å². The fourth-order valence-corrected chi connectivity index (χ4v) is 3.18. The fourth-order valence-electron chi connectivity index (χ4n) is 2.10. The molecule has 1 aliphatic rings. The highest BCUT2D eigenvalue weighted by molar-refractivity contribution is 7.16. The van der Waals surface area contributed by atoms with Gasteiger partial charge in [-0.1, -0.05) is 0 Å². The molecule has 18 heavy (non-hydrogen) atoms. The van der Waals surface area contributed by atoms with Gasteiger partial charge in [0.2, 0.25) is 5.91 Å². The van der Waals surface area contributed by atoms with Crippen molar-refractivity contribution in [3.8, 4) is 0 Å². The smallest absolute Gasteiger partial charge is 0.239 e. The second kappa shape index (κ2) is 5.82. The number of nitrogens with one attached hydrogen (secondary N) is 2. The van der Waals surface area contributed by atoms with Crippen molar-refractivity contribution in [1.82, 2.24) is 10.2 Å². The van der Waals surface area contributed by atoms with E-state index in [-0.39, 0.29) is 5.91 Å². The number of hydrogen-bond acceptors (Lipinski definition) is 4. The summed E-state index contributed by atoms with van der Waals surface area (Å²) in [5, 5.41) is 7.33. The average molecular weight is 267 g/mol. The van der Waals surface area contributed by atoms with Gasteiger partial charge in [0.25, 0.3) is 0 Å². The van der Waals surface area contributed by atoms with Gasteiger partial charge in [0.1, 0.15) is 0 Å². The zero-order valence-electron chi connectivity index (χ0n) is 11.3. The second-order valence-corrected chi connectivity index (χ2v) is 6.04. The molecule has 2 heterocycles. The molecule has 0 radical (unpaired) electrons. The fraction of sp³-hybridized carbons (Fsp3) is 0.615. The number of amides is 1. The van der Waals surface area contributed by atoms with Gasteiger partial charge in [-0.2, -0.15) is 0 Å². The molecule has 100 valence electrons. The van der Waals surface area contributed by atoms with Crippen molar-refractivity contribution in [1.29, 1.82) is 0 Å². The Morgan fingerprint density at radius 3 is 2.50 bits per heavy atom. The quantitative estimate of drug-likeness (QED) is 0.872. The molecule has 0 atom stereocenters. The van der Waals surface area contributed by atoms with E-state index >= 15 is 0 Å². The van der Waals surface area contributed by atoms with Crippen LogP contribution in [0, 0.1) is 20.8 Å². The van der Waals surface area contributed by atoms with Crippen molar-refractivity contribution in [3.05, 3.63) is 16.0 Å². The van der Waals surface area contributed by atoms with Crippen LogP contribution in [0.2, 0.25) is 0 Å². The lowest BCUT2D eigenvalue weighted by molar-refractivity contribution is -0.117. The van der Waals surface area contributed by atoms with Crippen LogP contribution in [0.1, 0.15) is 16.0 Å². The van der Waals surface area contributed by atoms with Gasteiger partial charge < -0.3 is 10.6 Å². The Bertz CT molecular complexity index is 436. The van der Waals surface area contributed by atoms with Crippen LogP contribution in [-0.2, 0) is 4.79 Å². The molecule has 5 heteroatoms. The number of hydrogen-bond donors (Lipinski definition) is 2. The summed E-state index contributed by atoms with van der Waals surface area (Å²) in [6.45, 7) is 10.6. The number of aryl methyl sites for hydroxylation is 1. The third kappa shape index (κ3) is 3.10. The zero-order chi connectivity index (χ0) is 13.1. The van der Waals surface area contributed by atoms with Gasteiger partial charge in [0.15, 0.2) is 0 Å². The van der Waals surface area contributed by atoms with E-state index in [1.807, 2.05) is 0 Å². The Morgan fingerprint density at radius 2 is 1.94 bits per heavy atom. The maximum Gasteiger partial charge on any atom is 0.239 e. The second-order valence-electron chi connectivity index (χ2n) is 4.81. The van der Waals surface area contributed by atoms with E-state index in [9.17, 15) is 4.79 Å². The molecule has 1 aliphatic heterocycles. The summed E-state index contributed by atoms with van der Waals surface area (Å²) in [6, 6.07) is 0. The first-order valence-electron chi connectivity index (χ1n) is 6.37. The van der Waals surface area contributed by atoms with Crippen molar-refractivity contribution >= 4 is 22.2 Å². The molecule has 0 spiro atoms. The first-order chi connectivity index (χ1) is 8.58. The van der Waals surface area contributed by atoms with E-state index in [4.69, 9.17) is 0 Å². The molecule has 0 saturated carbocycles. The summed E-state index contributed by atoms with van der Waals surface area (Å²) in [4.78, 5) is 15.5. The number of carbonyl (C=O) groups excluding carboxylic acids is 1. The minimum absolute atomic E-state index is 0.0984. The maximum atomic E-state index is 12.0. The zero-order valence-corrected chi connectivity index (χ0v) is 12.1. The molecule has 1 saturated heterocycles. The van der Waals surface area contributed by atoms with Gasteiger partial charge >= 0.3 is 0 Å². The minimum atomic E-state index is 0.0984. The summed E-state index contributed by atoms with van der Waals surface area (Å²) < 4.78 is 0. The van der Waals surface area contributed by atoms with E-state index in [1.54, 1.807) is 11.3 Å². The highest BCUT2D eigenvalue weighted by atomic mass is 32.1. The van der Waals surface area contributed by atoms with Crippen LogP contribution in [0.3, 0.4) is 0 Å². The highest BCUT2D eigenvalue weighted by Crippen LogP contribution is 2.31. The van der Waals surface area contributed by atoms with Gasteiger partial charge in [-0.3, -0.25) is 9.69 Å². The SMILES string of the molecule is Cc1sc(NC(=O)CN2CCNCC2)c(C)c1C. The van der Waals surface area contributed by atoms with E-state index in [0.717, 1.165) is 31.2 Å². The summed E-state index contributed by atoms with van der Waals surface area (Å²) in [5.74, 6) is 0.0984. The molecule has 2 N–H and O–H groups in total. The molecule has 1 aromatic heterocycles. The third-order valence-electron chi connectivity index (χ3n) is 3.52. The van der Waals surface area contributed by atoms with Crippen LogP contribution in [0.5, 0.6) is 0 Å². The molecule has 4 nitrogen and oxygen atoms in total. The molecule has 0 bridgehead atoms. The lowest BCUT2D eigenvalue weighted by Crippen LogP contribution is -2.46. The Kier molecular flexibility index (Phi) is 4.37. The van der Waals surface area contributed by atoms with Crippen LogP contribution >= 0.6 is 11.3 Å². The normalized spacial score (nSPS) is 16.8. The topological polar surface area (TPSA) is 44.4 Å². The van der Waals surface area contributed by atoms with E-state index in [0.29, 0.717) is 6.54 Å². The van der Waals surface area contributed by atoms with Gasteiger partial charge in [-0.05, 0) is 31.9 Å². The highest BCUT2D eigenvalue weighted by Gasteiger charge is 2.15. The standard InChI is InChI=1S/C13H21N3OS/c1-9-10(2)13(18-11(9)3)15-12(17)8-16-6-4-14-5-7-16/h14H,4-8H2,1-3H3,(H,15,17). The van der Waals surface area contributed by atoms with Crippen LogP contribution in [0.4, 0.5) is 5.00 Å². The van der Waals surface area contributed by atoms with Crippen LogP contribution in [-0.4, -0.2) is 43.5 Å². The van der Waals surface area contributed by atoms with Gasteiger partial charge in [0, 0.05) is 31.1 Å². The number of nitrogens with zero attached hydrogens (tertiary/aromatic N) is 1. The van der Waals surface area contributed by atoms with Gasteiger partial charge in [0.05, 0.1) is 11.5 Å². The number of anilines is 1. The summed E-state index contributed by atoms with van der Waals surface area (Å²) in [6.07, 6.45) is 0. The molecule has 1 aromatic rings. The number of thiophene rings is 1. The molecule has 1 fully saturated rings. The predicted octanol–water partition coefficient (Wildman–Crippen LogP) is 1.52. The predicted molar refractivity (Wildman–Crippen MR) is 76.5 cm³/mol. The largest absolute Gasteiger partial charge is 0.316 e. The molecule has 0 aromatic carbocycles. The lowest BCUT2D eigenvalue weighted by Gasteiger charge is -2.26. The maximum absolute atomic E-state index is 12.0. The first kappa shape index (κ1) is 13.5. The number of piperazine rings is 1. The molecule has 1 amide bonds. The number of carbonyl (C=O) groups is 1. The first-order valence-corrected chi connectivity index (χ1v) is 7.19. The van der Waals surface area contributed by atoms with Crippen molar-refractivity contribution in [3.63, 3.8) is 0 Å². The summed E-state index contributed by atoms with van der Waals surface area (Å²) in [5.41, 5.74) is 2.49. The Morgan fingerprint density at radius 1 is 1.28 bits per heavy atom. The molecular weight excluding hydrogens is 246 g/mol. The molecule has 0 unspecified atom stereocenters. The van der Waals surface area contributed by atoms with Crippen molar-refractivity contribution in [2.75, 3.05) is 38.0 Å². The average Bonchev–Trinajstić information content (AvgIpc) is 2.58.